The molecule has 1 aliphatic rings. The average molecular weight is 376 g/mol. The quantitative estimate of drug-likeness (QED) is 0.871. The minimum absolute atomic E-state index is 0.0256. The lowest BCUT2D eigenvalue weighted by atomic mass is 10.0. The summed E-state index contributed by atoms with van der Waals surface area (Å²) in [4.78, 5) is 13.0. The predicted molar refractivity (Wildman–Crippen MR) is 84.0 cm³/mol. The molecule has 2 unspecified atom stereocenters. The lowest BCUT2D eigenvalue weighted by Crippen LogP contribution is -2.50. The van der Waals surface area contributed by atoms with Crippen molar-refractivity contribution in [3.63, 3.8) is 0 Å². The van der Waals surface area contributed by atoms with Gasteiger partial charge in [0.1, 0.15) is 0 Å². The molecule has 1 fully saturated rings. The molecule has 21 heavy (non-hydrogen) atoms. The predicted octanol–water partition coefficient (Wildman–Crippen LogP) is 2.08. The Morgan fingerprint density at radius 3 is 2.86 bits per heavy atom. The molecule has 0 spiro atoms. The maximum Gasteiger partial charge on any atom is 0.304 e. The van der Waals surface area contributed by atoms with Crippen LogP contribution in [0.1, 0.15) is 24.9 Å². The zero-order valence-corrected chi connectivity index (χ0v) is 14.1. The van der Waals surface area contributed by atoms with E-state index in [1.54, 1.807) is 0 Å². The summed E-state index contributed by atoms with van der Waals surface area (Å²) in [5.41, 5.74) is 1.04. The summed E-state index contributed by atoms with van der Waals surface area (Å²) in [7, 11) is -3.15. The highest BCUT2D eigenvalue weighted by Crippen LogP contribution is 2.28. The SMILES string of the molecule is CC(c1cccc(Br)c1)N1CCS(=O)(=O)CC1CC(=O)O. The van der Waals surface area contributed by atoms with Crippen molar-refractivity contribution in [2.24, 2.45) is 0 Å². The van der Waals surface area contributed by atoms with Gasteiger partial charge in [-0.3, -0.25) is 9.69 Å². The van der Waals surface area contributed by atoms with Crippen molar-refractivity contribution in [3.8, 4) is 0 Å². The number of aliphatic carboxylic acids is 1. The van der Waals surface area contributed by atoms with E-state index < -0.39 is 21.8 Å². The average Bonchev–Trinajstić information content (AvgIpc) is 2.36. The van der Waals surface area contributed by atoms with Crippen LogP contribution in [0.15, 0.2) is 28.7 Å². The fourth-order valence-corrected chi connectivity index (χ4v) is 4.71. The molecule has 5 nitrogen and oxygen atoms in total. The van der Waals surface area contributed by atoms with Crippen molar-refractivity contribution in [1.29, 1.82) is 0 Å². The summed E-state index contributed by atoms with van der Waals surface area (Å²) in [5, 5.41) is 9.02. The second-order valence-electron chi connectivity index (χ2n) is 5.33. The van der Waals surface area contributed by atoms with E-state index in [2.05, 4.69) is 15.9 Å². The number of benzene rings is 1. The summed E-state index contributed by atoms with van der Waals surface area (Å²) in [6, 6.07) is 7.29. The molecule has 0 saturated carbocycles. The van der Waals surface area contributed by atoms with Gasteiger partial charge >= 0.3 is 5.97 Å². The van der Waals surface area contributed by atoms with Gasteiger partial charge in [-0.2, -0.15) is 0 Å². The van der Waals surface area contributed by atoms with Crippen LogP contribution in [0.4, 0.5) is 0 Å². The fourth-order valence-electron chi connectivity index (χ4n) is 2.74. The molecule has 0 amide bonds. The number of rotatable bonds is 4. The highest BCUT2D eigenvalue weighted by atomic mass is 79.9. The molecule has 1 aromatic rings. The molecule has 2 atom stereocenters. The number of nitrogens with zero attached hydrogens (tertiary/aromatic N) is 1. The monoisotopic (exact) mass is 375 g/mol. The fraction of sp³-hybridized carbons (Fsp3) is 0.500. The van der Waals surface area contributed by atoms with Gasteiger partial charge < -0.3 is 5.11 Å². The first kappa shape index (κ1) is 16.5. The van der Waals surface area contributed by atoms with E-state index in [-0.39, 0.29) is 24.0 Å². The summed E-state index contributed by atoms with van der Waals surface area (Å²) in [5.74, 6) is -0.970. The summed E-state index contributed by atoms with van der Waals surface area (Å²) >= 11 is 3.42. The number of hydrogen-bond acceptors (Lipinski definition) is 4. The minimum Gasteiger partial charge on any atom is -0.481 e. The molecule has 1 aliphatic heterocycles. The van der Waals surface area contributed by atoms with Crippen LogP contribution in [-0.4, -0.2) is 48.5 Å². The van der Waals surface area contributed by atoms with Crippen LogP contribution in [0.3, 0.4) is 0 Å². The van der Waals surface area contributed by atoms with Crippen LogP contribution in [0.5, 0.6) is 0 Å². The molecule has 0 radical (unpaired) electrons. The maximum atomic E-state index is 11.8. The van der Waals surface area contributed by atoms with Crippen molar-refractivity contribution in [2.75, 3.05) is 18.1 Å². The molecule has 0 aromatic heterocycles. The molecule has 2 rings (SSSR count). The molecule has 116 valence electrons. The Balaban J connectivity index is 2.24. The van der Waals surface area contributed by atoms with Gasteiger partial charge in [0.05, 0.1) is 17.9 Å². The van der Waals surface area contributed by atoms with E-state index in [0.717, 1.165) is 10.0 Å². The lowest BCUT2D eigenvalue weighted by Gasteiger charge is -2.39. The van der Waals surface area contributed by atoms with Gasteiger partial charge in [-0.1, -0.05) is 28.1 Å². The molecule has 1 aromatic carbocycles. The van der Waals surface area contributed by atoms with E-state index in [1.807, 2.05) is 36.1 Å². The number of hydrogen-bond donors (Lipinski definition) is 1. The van der Waals surface area contributed by atoms with E-state index >= 15 is 0 Å². The topological polar surface area (TPSA) is 74.7 Å². The lowest BCUT2D eigenvalue weighted by molar-refractivity contribution is -0.138. The Kier molecular flexibility index (Phi) is 5.06. The summed E-state index contributed by atoms with van der Waals surface area (Å²) < 4.78 is 24.5. The number of carboxylic acids is 1. The Hall–Kier alpha value is -0.920. The van der Waals surface area contributed by atoms with Crippen molar-refractivity contribution in [3.05, 3.63) is 34.3 Å². The van der Waals surface area contributed by atoms with Gasteiger partial charge in [0, 0.05) is 23.1 Å². The van der Waals surface area contributed by atoms with E-state index in [0.29, 0.717) is 6.54 Å². The number of halogens is 1. The zero-order chi connectivity index (χ0) is 15.6. The van der Waals surface area contributed by atoms with E-state index in [1.165, 1.54) is 0 Å². The second-order valence-corrected chi connectivity index (χ2v) is 8.48. The third-order valence-electron chi connectivity index (χ3n) is 3.81. The Morgan fingerprint density at radius 1 is 1.52 bits per heavy atom. The Labute approximate surface area is 133 Å². The largest absolute Gasteiger partial charge is 0.481 e. The molecule has 0 bridgehead atoms. The molecular weight excluding hydrogens is 358 g/mol. The summed E-state index contributed by atoms with van der Waals surface area (Å²) in [6.07, 6.45) is -0.155. The zero-order valence-electron chi connectivity index (χ0n) is 11.7. The first-order chi connectivity index (χ1) is 9.78. The molecule has 0 aliphatic carbocycles. The van der Waals surface area contributed by atoms with Gasteiger partial charge in [0.15, 0.2) is 9.84 Å². The van der Waals surface area contributed by atoms with Crippen LogP contribution in [0.2, 0.25) is 0 Å². The van der Waals surface area contributed by atoms with Crippen LogP contribution < -0.4 is 0 Å². The molecular formula is C14H18BrNO4S. The van der Waals surface area contributed by atoms with Crippen molar-refractivity contribution < 1.29 is 18.3 Å². The Morgan fingerprint density at radius 2 is 2.24 bits per heavy atom. The van der Waals surface area contributed by atoms with Crippen LogP contribution in [0, 0.1) is 0 Å². The molecule has 1 N–H and O–H groups in total. The third-order valence-corrected chi connectivity index (χ3v) is 6.01. The molecule has 7 heteroatoms. The minimum atomic E-state index is -3.15. The highest BCUT2D eigenvalue weighted by molar-refractivity contribution is 9.10. The van der Waals surface area contributed by atoms with E-state index in [9.17, 15) is 13.2 Å². The van der Waals surface area contributed by atoms with Gasteiger partial charge in [0.25, 0.3) is 0 Å². The van der Waals surface area contributed by atoms with Gasteiger partial charge in [-0.05, 0) is 24.6 Å². The number of carboxylic acid groups (broad SMARTS) is 1. The highest BCUT2D eigenvalue weighted by Gasteiger charge is 2.35. The van der Waals surface area contributed by atoms with Crippen molar-refractivity contribution >= 4 is 31.7 Å². The molecule has 1 heterocycles. The van der Waals surface area contributed by atoms with Crippen LogP contribution in [-0.2, 0) is 14.6 Å². The van der Waals surface area contributed by atoms with Gasteiger partial charge in [-0.15, -0.1) is 0 Å². The first-order valence-electron chi connectivity index (χ1n) is 6.72. The van der Waals surface area contributed by atoms with Gasteiger partial charge in [-0.25, -0.2) is 8.42 Å². The number of carbonyl (C=O) groups is 1. The van der Waals surface area contributed by atoms with Crippen LogP contribution in [0.25, 0.3) is 0 Å². The normalized spacial score (nSPS) is 23.6. The molecule has 1 saturated heterocycles. The van der Waals surface area contributed by atoms with Crippen molar-refractivity contribution in [1.82, 2.24) is 4.90 Å². The number of sulfone groups is 1. The second kappa shape index (κ2) is 6.46. The maximum absolute atomic E-state index is 11.8. The third kappa shape index (κ3) is 4.28. The van der Waals surface area contributed by atoms with Gasteiger partial charge in [0.2, 0.25) is 0 Å². The summed E-state index contributed by atoms with van der Waals surface area (Å²) in [6.45, 7) is 2.35. The van der Waals surface area contributed by atoms with Crippen molar-refractivity contribution in [2.45, 2.75) is 25.4 Å². The van der Waals surface area contributed by atoms with Crippen LogP contribution >= 0.6 is 15.9 Å². The first-order valence-corrected chi connectivity index (χ1v) is 9.33. The Bertz CT molecular complexity index is 632. The smallest absolute Gasteiger partial charge is 0.304 e. The standard InChI is InChI=1S/C14H18BrNO4S/c1-10(11-3-2-4-12(15)7-11)16-5-6-21(19,20)9-13(16)8-14(17)18/h2-4,7,10,13H,5-6,8-9H2,1H3,(H,17,18). The van der Waals surface area contributed by atoms with E-state index in [4.69, 9.17) is 5.11 Å².